The van der Waals surface area contributed by atoms with Crippen LogP contribution in [0, 0.1) is 35.4 Å². The number of alkyl halides is 1. The van der Waals surface area contributed by atoms with Crippen LogP contribution in [0.2, 0.25) is 0 Å². The molecule has 0 aromatic heterocycles. The zero-order valence-corrected chi connectivity index (χ0v) is 11.1. The van der Waals surface area contributed by atoms with Gasteiger partial charge in [0, 0.05) is 0 Å². The molecule has 0 radical (unpaired) electrons. The molecule has 0 aliphatic heterocycles. The van der Waals surface area contributed by atoms with Gasteiger partial charge in [-0.3, -0.25) is 0 Å². The molecule has 0 bridgehead atoms. The van der Waals surface area contributed by atoms with Gasteiger partial charge in [-0.15, -0.1) is 0 Å². The van der Waals surface area contributed by atoms with Crippen LogP contribution in [0.4, 0.5) is 0 Å². The predicted molar refractivity (Wildman–Crippen MR) is 38.3 cm³/mol. The summed E-state index contributed by atoms with van der Waals surface area (Å²) in [4.78, 5) is 0. The molecule has 3 heteroatoms. The second kappa shape index (κ2) is 4.59. The number of rotatable bonds is 1. The quantitative estimate of drug-likeness (QED) is 0.482. The Kier molecular flexibility index (Phi) is 4.45. The minimum atomic E-state index is 0.957. The van der Waals surface area contributed by atoms with Crippen molar-refractivity contribution in [2.45, 2.75) is 5.33 Å². The molecule has 0 aliphatic rings. The van der Waals surface area contributed by atoms with E-state index >= 15 is 0 Å². The summed E-state index contributed by atoms with van der Waals surface area (Å²) in [7, 11) is 0. The number of halogens is 1. The summed E-state index contributed by atoms with van der Waals surface area (Å²) in [6.45, 7) is 0. The van der Waals surface area contributed by atoms with E-state index in [4.69, 9.17) is 0 Å². The summed E-state index contributed by atoms with van der Waals surface area (Å²) in [5.74, 6) is 0. The molecule has 1 aromatic rings. The molecule has 0 saturated carbocycles. The van der Waals surface area contributed by atoms with Gasteiger partial charge in [-0.2, -0.15) is 0 Å². The zero-order chi connectivity index (χ0) is 7.56. The van der Waals surface area contributed by atoms with E-state index in [1.807, 2.05) is 0 Å². The van der Waals surface area contributed by atoms with E-state index in [0.717, 1.165) is 5.33 Å². The predicted octanol–water partition coefficient (Wildman–Crippen LogP) is 0.928. The van der Waals surface area contributed by atoms with Gasteiger partial charge in [-0.05, 0) is 0 Å². The van der Waals surface area contributed by atoms with Crippen LogP contribution in [0.1, 0.15) is 5.56 Å². The molecule has 0 N–H and O–H groups in total. The van der Waals surface area contributed by atoms with Crippen molar-refractivity contribution in [3.63, 3.8) is 0 Å². The molecule has 0 atom stereocenters. The Morgan fingerprint density at radius 2 is 2.20 bits per heavy atom. The molecule has 0 fully saturated rings. The maximum atomic E-state index is 3.45. The van der Waals surface area contributed by atoms with Gasteiger partial charge in [0.05, 0.1) is 0 Å². The van der Waals surface area contributed by atoms with Gasteiger partial charge in [0.25, 0.3) is 0 Å². The van der Waals surface area contributed by atoms with Gasteiger partial charge in [0.15, 0.2) is 0 Å². The first-order valence-electron chi connectivity index (χ1n) is 2.70. The average molecular weight is 522 g/mol. The Balaban J connectivity index is 3.17. The molecular weight excluding hydrogens is 517 g/mol. The van der Waals surface area contributed by atoms with Crippen molar-refractivity contribution in [3.8, 4) is 0 Å². The number of benzene rings is 1. The first-order valence-corrected chi connectivity index (χ1v) is 6.10. The van der Waals surface area contributed by atoms with Gasteiger partial charge in [0.1, 0.15) is 0 Å². The average Bonchev–Trinajstić information content (AvgIpc) is 1.88. The molecule has 0 aliphatic carbocycles. The van der Waals surface area contributed by atoms with Gasteiger partial charge >= 0.3 is 105 Å². The molecule has 0 unspecified atom stereocenters. The van der Waals surface area contributed by atoms with E-state index in [2.05, 4.69) is 69.5 Å². The van der Waals surface area contributed by atoms with E-state index in [-0.39, 0.29) is 0 Å². The second-order valence-electron chi connectivity index (χ2n) is 1.79. The zero-order valence-electron chi connectivity index (χ0n) is 4.98. The van der Waals surface area contributed by atoms with E-state index in [1.165, 1.54) is 11.3 Å². The van der Waals surface area contributed by atoms with Gasteiger partial charge in [0.2, 0.25) is 0 Å². The van der Waals surface area contributed by atoms with Crippen molar-refractivity contribution in [1.29, 1.82) is 0 Å². The summed E-state index contributed by atoms with van der Waals surface area (Å²) in [6, 6.07) is 6.36. The summed E-state index contributed by atoms with van der Waals surface area (Å²) in [5, 5.41) is 0.957. The van der Waals surface area contributed by atoms with Gasteiger partial charge in [-0.25, -0.2) is 0 Å². The molecule has 59 valence electrons. The van der Waals surface area contributed by atoms with Crippen LogP contribution in [0.5, 0.6) is 0 Å². The fraction of sp³-hybridized carbons (Fsp3) is 0.143. The first-order chi connectivity index (χ1) is 4.75. The van der Waals surface area contributed by atoms with Crippen LogP contribution < -0.4 is 5.76 Å². The molecule has 10 heavy (non-hydrogen) atoms. The van der Waals surface area contributed by atoms with Crippen molar-refractivity contribution in [2.75, 3.05) is 0 Å². The van der Waals surface area contributed by atoms with E-state index in [1.54, 1.807) is 19.2 Å². The SMILES string of the molecule is BrCc1[c]([Er])ccc[c]1[Re]. The Morgan fingerprint density at radius 3 is 2.60 bits per heavy atom. The van der Waals surface area contributed by atoms with Crippen molar-refractivity contribution in [1.82, 2.24) is 0 Å². The third kappa shape index (κ3) is 2.30. The van der Waals surface area contributed by atoms with Crippen LogP contribution in [0.25, 0.3) is 0 Å². The topological polar surface area (TPSA) is 0 Å². The minimum absolute atomic E-state index is 0.957. The van der Waals surface area contributed by atoms with Crippen molar-refractivity contribution in [2.24, 2.45) is 0 Å². The normalized spacial score (nSPS) is 10.0. The molecule has 0 heterocycles. The Labute approximate surface area is 104 Å². The Hall–Kier alpha value is 1.61. The van der Waals surface area contributed by atoms with Crippen molar-refractivity contribution in [3.05, 3.63) is 23.8 Å². The molecular formula is C7H5BrErRe. The molecule has 0 amide bonds. The van der Waals surface area contributed by atoms with Gasteiger partial charge < -0.3 is 0 Å². The van der Waals surface area contributed by atoms with Crippen LogP contribution in [-0.2, 0) is 24.5 Å². The van der Waals surface area contributed by atoms with Crippen LogP contribution in [0.15, 0.2) is 18.2 Å². The first kappa shape index (κ1) is 9.70. The third-order valence-corrected chi connectivity index (χ3v) is 3.85. The van der Waals surface area contributed by atoms with Crippen LogP contribution in [-0.4, -0.2) is 0 Å². The Bertz CT molecular complexity index is 217. The summed E-state index contributed by atoms with van der Waals surface area (Å²) < 4.78 is 2.71. The third-order valence-electron chi connectivity index (χ3n) is 1.15. The molecule has 0 nitrogen and oxygen atoms in total. The number of hydrogen-bond donors (Lipinski definition) is 0. The van der Waals surface area contributed by atoms with E-state index < -0.39 is 0 Å². The summed E-state index contributed by atoms with van der Waals surface area (Å²) in [6.07, 6.45) is 0. The second-order valence-corrected chi connectivity index (χ2v) is 4.81. The summed E-state index contributed by atoms with van der Waals surface area (Å²) in [5.41, 5.74) is 1.41. The van der Waals surface area contributed by atoms with Crippen molar-refractivity contribution < 1.29 is 54.6 Å². The molecule has 1 aromatic carbocycles. The van der Waals surface area contributed by atoms with Crippen LogP contribution >= 0.6 is 15.9 Å². The van der Waals surface area contributed by atoms with Crippen molar-refractivity contribution >= 4 is 21.7 Å². The van der Waals surface area contributed by atoms with E-state index in [0.29, 0.717) is 0 Å². The number of hydrogen-bond acceptors (Lipinski definition) is 0. The standard InChI is InChI=1S/C7H5Br.Er.Re/c8-6-7-4-2-1-3-5-7;;/h1-3H,6H2;;. The molecule has 1 rings (SSSR count). The summed E-state index contributed by atoms with van der Waals surface area (Å²) >= 11 is 7.93. The van der Waals surface area contributed by atoms with Crippen LogP contribution in [0.3, 0.4) is 0 Å². The fourth-order valence-electron chi connectivity index (χ4n) is 0.635. The molecule has 0 saturated heterocycles. The van der Waals surface area contributed by atoms with Gasteiger partial charge in [-0.1, -0.05) is 0 Å². The molecule has 0 spiro atoms. The maximum absolute atomic E-state index is 3.45. The van der Waals surface area contributed by atoms with E-state index in [9.17, 15) is 0 Å². The fourth-order valence-corrected chi connectivity index (χ4v) is 4.31. The Morgan fingerprint density at radius 1 is 1.50 bits per heavy atom. The monoisotopic (exact) mass is 521 g/mol.